The molecule has 2 aromatic rings. The standard InChI is InChI=1S/C30H39N3O4S/c1-21-15-17-25(18-16-21)31-28(34)19-38(37)20-29(35)33(22(2)30(36)32-24-11-4-3-5-12-24)27-14-8-10-23-9-6-7-13-26(23)27/h8,10,14-18,22,24H,3-7,9,11-13,19-20H2,1-2H3,(H,31,34)(H,32,36)/t22-,38+/m0/s1. The van der Waals surface area contributed by atoms with Crippen molar-refractivity contribution in [2.45, 2.75) is 83.7 Å². The Morgan fingerprint density at radius 3 is 2.39 bits per heavy atom. The lowest BCUT2D eigenvalue weighted by Crippen LogP contribution is -2.52. The number of hydrogen-bond acceptors (Lipinski definition) is 4. The number of carbonyl (C=O) groups is 3. The molecule has 0 unspecified atom stereocenters. The normalized spacial score (nSPS) is 17.1. The maximum Gasteiger partial charge on any atom is 0.243 e. The van der Waals surface area contributed by atoms with Gasteiger partial charge in [0.2, 0.25) is 17.7 Å². The van der Waals surface area contributed by atoms with Crippen molar-refractivity contribution in [1.29, 1.82) is 0 Å². The molecule has 0 aliphatic heterocycles. The van der Waals surface area contributed by atoms with E-state index in [9.17, 15) is 18.6 Å². The van der Waals surface area contributed by atoms with Crippen LogP contribution in [0.3, 0.4) is 0 Å². The quantitative estimate of drug-likeness (QED) is 0.495. The van der Waals surface area contributed by atoms with Crippen molar-refractivity contribution >= 4 is 39.9 Å². The summed E-state index contributed by atoms with van der Waals surface area (Å²) in [6.45, 7) is 3.70. The lowest BCUT2D eigenvalue weighted by molar-refractivity contribution is -0.126. The molecule has 0 aromatic heterocycles. The minimum absolute atomic E-state index is 0.125. The third-order valence-corrected chi connectivity index (χ3v) is 8.68. The van der Waals surface area contributed by atoms with Crippen molar-refractivity contribution in [3.8, 4) is 0 Å². The molecular formula is C30H39N3O4S. The van der Waals surface area contributed by atoms with Gasteiger partial charge in [-0.2, -0.15) is 0 Å². The maximum atomic E-state index is 13.7. The molecule has 0 radical (unpaired) electrons. The van der Waals surface area contributed by atoms with E-state index in [0.29, 0.717) is 5.69 Å². The summed E-state index contributed by atoms with van der Waals surface area (Å²) in [6.07, 6.45) is 9.19. The van der Waals surface area contributed by atoms with Crippen LogP contribution < -0.4 is 15.5 Å². The van der Waals surface area contributed by atoms with Crippen LogP contribution in [0.15, 0.2) is 42.5 Å². The van der Waals surface area contributed by atoms with E-state index in [4.69, 9.17) is 0 Å². The number of amides is 3. The van der Waals surface area contributed by atoms with Crippen LogP contribution in [0.5, 0.6) is 0 Å². The second-order valence-electron chi connectivity index (χ2n) is 10.5. The van der Waals surface area contributed by atoms with E-state index >= 15 is 0 Å². The third-order valence-electron chi connectivity index (χ3n) is 7.53. The van der Waals surface area contributed by atoms with Crippen molar-refractivity contribution < 1.29 is 18.6 Å². The van der Waals surface area contributed by atoms with Crippen molar-refractivity contribution in [2.75, 3.05) is 21.7 Å². The first-order chi connectivity index (χ1) is 18.3. The number of nitrogens with zero attached hydrogens (tertiary/aromatic N) is 1. The number of nitrogens with one attached hydrogen (secondary N) is 2. The summed E-state index contributed by atoms with van der Waals surface area (Å²) in [5, 5.41) is 5.89. The van der Waals surface area contributed by atoms with Crippen molar-refractivity contribution in [3.05, 3.63) is 59.2 Å². The molecule has 3 amide bonds. The molecule has 2 aliphatic rings. The van der Waals surface area contributed by atoms with Crippen LogP contribution in [0.25, 0.3) is 0 Å². The van der Waals surface area contributed by atoms with Gasteiger partial charge in [0.25, 0.3) is 0 Å². The summed E-state index contributed by atoms with van der Waals surface area (Å²) in [6, 6.07) is 12.6. The highest BCUT2D eigenvalue weighted by molar-refractivity contribution is 7.86. The summed E-state index contributed by atoms with van der Waals surface area (Å²) in [5.41, 5.74) is 4.70. The monoisotopic (exact) mass is 537 g/mol. The minimum atomic E-state index is -1.73. The first-order valence-corrected chi connectivity index (χ1v) is 15.3. The van der Waals surface area contributed by atoms with E-state index < -0.39 is 28.7 Å². The molecule has 2 aliphatic carbocycles. The Hall–Kier alpha value is -3.00. The predicted molar refractivity (Wildman–Crippen MR) is 153 cm³/mol. The Kier molecular flexibility index (Phi) is 9.72. The summed E-state index contributed by atoms with van der Waals surface area (Å²) < 4.78 is 12.9. The van der Waals surface area contributed by atoms with E-state index in [1.165, 1.54) is 16.9 Å². The van der Waals surface area contributed by atoms with Gasteiger partial charge >= 0.3 is 0 Å². The molecule has 2 aromatic carbocycles. The minimum Gasteiger partial charge on any atom is -0.352 e. The van der Waals surface area contributed by atoms with Crippen LogP contribution in [-0.4, -0.2) is 45.5 Å². The molecule has 8 heteroatoms. The average Bonchev–Trinajstić information content (AvgIpc) is 2.90. The average molecular weight is 538 g/mol. The van der Waals surface area contributed by atoms with Gasteiger partial charge in [0, 0.05) is 28.2 Å². The SMILES string of the molecule is Cc1ccc(NC(=O)C[S@@](=O)CC(=O)N(c2cccc3c2CCCC3)[C@@H](C)C(=O)NC2CCCCC2)cc1. The van der Waals surface area contributed by atoms with Gasteiger partial charge in [-0.15, -0.1) is 0 Å². The van der Waals surface area contributed by atoms with Crippen LogP contribution in [0.2, 0.25) is 0 Å². The van der Waals surface area contributed by atoms with Gasteiger partial charge in [-0.1, -0.05) is 49.1 Å². The molecule has 38 heavy (non-hydrogen) atoms. The first-order valence-electron chi connectivity index (χ1n) is 13.8. The Bertz CT molecular complexity index is 1170. The van der Waals surface area contributed by atoms with Gasteiger partial charge < -0.3 is 10.6 Å². The van der Waals surface area contributed by atoms with Gasteiger partial charge in [-0.25, -0.2) is 0 Å². The lowest BCUT2D eigenvalue weighted by Gasteiger charge is -2.33. The molecule has 7 nitrogen and oxygen atoms in total. The highest BCUT2D eigenvalue weighted by Crippen LogP contribution is 2.32. The zero-order valence-corrected chi connectivity index (χ0v) is 23.3. The van der Waals surface area contributed by atoms with Crippen LogP contribution in [0, 0.1) is 6.92 Å². The number of benzene rings is 2. The topological polar surface area (TPSA) is 95.6 Å². The van der Waals surface area contributed by atoms with Gasteiger partial charge in [0.15, 0.2) is 0 Å². The molecule has 0 saturated heterocycles. The zero-order chi connectivity index (χ0) is 27.1. The van der Waals surface area contributed by atoms with E-state index in [0.717, 1.165) is 68.2 Å². The number of fused-ring (bicyclic) bond motifs is 1. The molecule has 0 bridgehead atoms. The first kappa shape index (κ1) is 28.0. The second-order valence-corrected chi connectivity index (χ2v) is 12.0. The largest absolute Gasteiger partial charge is 0.352 e. The van der Waals surface area contributed by atoms with Gasteiger partial charge in [-0.05, 0) is 81.7 Å². The predicted octanol–water partition coefficient (Wildman–Crippen LogP) is 4.43. The number of carbonyl (C=O) groups excluding carboxylic acids is 3. The molecule has 0 heterocycles. The molecule has 2 atom stereocenters. The van der Waals surface area contributed by atoms with Gasteiger partial charge in [-0.3, -0.25) is 23.5 Å². The number of anilines is 2. The Balaban J connectivity index is 1.49. The fraction of sp³-hybridized carbons (Fsp3) is 0.500. The summed E-state index contributed by atoms with van der Waals surface area (Å²) in [4.78, 5) is 41.0. The highest BCUT2D eigenvalue weighted by Gasteiger charge is 2.32. The maximum absolute atomic E-state index is 13.7. The second kappa shape index (κ2) is 13.2. The molecule has 1 fully saturated rings. The fourth-order valence-corrected chi connectivity index (χ4v) is 6.35. The van der Waals surface area contributed by atoms with Crippen LogP contribution >= 0.6 is 0 Å². The Labute approximate surface area is 228 Å². The summed E-state index contributed by atoms with van der Waals surface area (Å²) >= 11 is 0. The number of hydrogen-bond donors (Lipinski definition) is 2. The number of rotatable bonds is 9. The molecule has 4 rings (SSSR count). The molecular weight excluding hydrogens is 498 g/mol. The van der Waals surface area contributed by atoms with Crippen LogP contribution in [0.1, 0.15) is 68.6 Å². The summed E-state index contributed by atoms with van der Waals surface area (Å²) in [5.74, 6) is -1.63. The number of aryl methyl sites for hydroxylation is 2. The van der Waals surface area contributed by atoms with Crippen molar-refractivity contribution in [3.63, 3.8) is 0 Å². The zero-order valence-electron chi connectivity index (χ0n) is 22.5. The Morgan fingerprint density at radius 1 is 0.947 bits per heavy atom. The van der Waals surface area contributed by atoms with Crippen molar-refractivity contribution in [2.24, 2.45) is 0 Å². The fourth-order valence-electron chi connectivity index (χ4n) is 5.47. The molecule has 0 spiro atoms. The van der Waals surface area contributed by atoms with Crippen LogP contribution in [0.4, 0.5) is 11.4 Å². The van der Waals surface area contributed by atoms with Gasteiger partial charge in [0.1, 0.15) is 17.5 Å². The molecule has 1 saturated carbocycles. The summed E-state index contributed by atoms with van der Waals surface area (Å²) in [7, 11) is -1.73. The highest BCUT2D eigenvalue weighted by atomic mass is 32.2. The lowest BCUT2D eigenvalue weighted by atomic mass is 9.89. The Morgan fingerprint density at radius 2 is 1.66 bits per heavy atom. The third kappa shape index (κ3) is 7.31. The van der Waals surface area contributed by atoms with Gasteiger partial charge in [0.05, 0.1) is 0 Å². The molecule has 2 N–H and O–H groups in total. The van der Waals surface area contributed by atoms with E-state index in [-0.39, 0.29) is 23.5 Å². The van der Waals surface area contributed by atoms with E-state index in [1.54, 1.807) is 19.1 Å². The van der Waals surface area contributed by atoms with E-state index in [1.807, 2.05) is 31.2 Å². The van der Waals surface area contributed by atoms with Crippen molar-refractivity contribution in [1.82, 2.24) is 5.32 Å². The smallest absolute Gasteiger partial charge is 0.243 e. The van der Waals surface area contributed by atoms with E-state index in [2.05, 4.69) is 16.7 Å². The van der Waals surface area contributed by atoms with Crippen LogP contribution in [-0.2, 0) is 38.0 Å². The molecule has 204 valence electrons.